The summed E-state index contributed by atoms with van der Waals surface area (Å²) in [5.74, 6) is 3.34. The lowest BCUT2D eigenvalue weighted by Gasteiger charge is -2.39. The fraction of sp³-hybridized carbons (Fsp3) is 0.600. The minimum Gasteiger partial charge on any atom is -0.496 e. The molecule has 0 saturated heterocycles. The molecule has 1 fully saturated rings. The Morgan fingerprint density at radius 1 is 0.957 bits per heavy atom. The molecule has 0 heterocycles. The number of rotatable bonds is 4. The van der Waals surface area contributed by atoms with Gasteiger partial charge in [0.05, 0.1) is 15.2 Å². The molecule has 0 aromatic heterocycles. The molecule has 1 aromatic carbocycles. The third-order valence-corrected chi connectivity index (χ3v) is 10.7. The van der Waals surface area contributed by atoms with Crippen LogP contribution >= 0.6 is 0 Å². The van der Waals surface area contributed by atoms with Crippen molar-refractivity contribution in [1.82, 2.24) is 0 Å². The maximum atomic E-state index is 5.88. The number of hydrogen-bond acceptors (Lipinski definition) is 1. The highest BCUT2D eigenvalue weighted by atomic mass is 28.3. The van der Waals surface area contributed by atoms with Crippen LogP contribution in [0.25, 0.3) is 0 Å². The molecule has 2 aliphatic rings. The van der Waals surface area contributed by atoms with Gasteiger partial charge in [-0.15, -0.1) is 0 Å². The molecule has 23 heavy (non-hydrogen) atoms. The lowest BCUT2D eigenvalue weighted by molar-refractivity contribution is 0.401. The van der Waals surface area contributed by atoms with Crippen LogP contribution in [-0.4, -0.2) is 23.3 Å². The molecule has 0 aliphatic heterocycles. The molecular formula is C20H32OSi2. The molecule has 1 saturated carbocycles. The summed E-state index contributed by atoms with van der Waals surface area (Å²) in [6.45, 7) is 15.1. The largest absolute Gasteiger partial charge is 0.496 e. The van der Waals surface area contributed by atoms with Gasteiger partial charge in [-0.3, -0.25) is 0 Å². The summed E-state index contributed by atoms with van der Waals surface area (Å²) < 4.78 is 5.88. The molecule has 4 unspecified atom stereocenters. The predicted octanol–water partition coefficient (Wildman–Crippen LogP) is 5.24. The number of allylic oxidation sites excluding steroid dienone is 2. The topological polar surface area (TPSA) is 9.23 Å². The van der Waals surface area contributed by atoms with E-state index in [1.807, 2.05) is 7.11 Å². The highest BCUT2D eigenvalue weighted by Crippen LogP contribution is 2.60. The molecule has 0 spiro atoms. The SMILES string of the molecule is COc1cccc([Si](C)(C)C)c1C1C2C=CC(C2)C1[Si](C)(C)C. The van der Waals surface area contributed by atoms with Crippen molar-refractivity contribution in [2.75, 3.05) is 7.11 Å². The van der Waals surface area contributed by atoms with Gasteiger partial charge in [-0.25, -0.2) is 0 Å². The fourth-order valence-electron chi connectivity index (χ4n) is 5.12. The second-order valence-electron chi connectivity index (χ2n) is 9.54. The Morgan fingerprint density at radius 3 is 2.17 bits per heavy atom. The number of methoxy groups -OCH3 is 1. The van der Waals surface area contributed by atoms with Gasteiger partial charge in [-0.2, -0.15) is 0 Å². The van der Waals surface area contributed by atoms with Gasteiger partial charge < -0.3 is 4.74 Å². The number of ether oxygens (including phenoxy) is 1. The second kappa shape index (κ2) is 5.63. The van der Waals surface area contributed by atoms with Crippen molar-refractivity contribution < 1.29 is 4.74 Å². The standard InChI is InChI=1S/C20H32OSi2/c1-21-16-9-8-10-17(22(2,3)4)19(16)18-14-11-12-15(13-14)20(18)23(5,6)7/h8-12,14-15,18,20H,13H2,1-7H3. The minimum absolute atomic E-state index is 0.676. The molecule has 0 radical (unpaired) electrons. The molecule has 2 aliphatic carbocycles. The first-order valence-electron chi connectivity index (χ1n) is 9.00. The summed E-state index contributed by atoms with van der Waals surface area (Å²) in [4.78, 5) is 0. The van der Waals surface area contributed by atoms with Crippen molar-refractivity contribution >= 4 is 21.3 Å². The number of benzene rings is 1. The van der Waals surface area contributed by atoms with Crippen molar-refractivity contribution in [3.63, 3.8) is 0 Å². The molecule has 4 atom stereocenters. The first-order valence-corrected chi connectivity index (χ1v) is 16.1. The van der Waals surface area contributed by atoms with Gasteiger partial charge in [0.15, 0.2) is 0 Å². The van der Waals surface area contributed by atoms with Gasteiger partial charge in [0.2, 0.25) is 0 Å². The van der Waals surface area contributed by atoms with Crippen molar-refractivity contribution in [3.05, 3.63) is 35.9 Å². The number of fused-ring (bicyclic) bond motifs is 2. The van der Waals surface area contributed by atoms with Crippen LogP contribution in [0.5, 0.6) is 5.75 Å². The van der Waals surface area contributed by atoms with Gasteiger partial charge >= 0.3 is 0 Å². The molecule has 0 N–H and O–H groups in total. The predicted molar refractivity (Wildman–Crippen MR) is 107 cm³/mol. The van der Waals surface area contributed by atoms with Crippen LogP contribution in [0, 0.1) is 11.8 Å². The summed E-state index contributed by atoms with van der Waals surface area (Å²) in [7, 11) is -0.784. The van der Waals surface area contributed by atoms with Crippen LogP contribution in [0.2, 0.25) is 44.8 Å². The van der Waals surface area contributed by atoms with Crippen LogP contribution in [0.4, 0.5) is 0 Å². The third-order valence-electron chi connectivity index (χ3n) is 5.89. The quantitative estimate of drug-likeness (QED) is 0.536. The molecule has 2 bridgehead atoms. The van der Waals surface area contributed by atoms with Crippen molar-refractivity contribution in [2.24, 2.45) is 11.8 Å². The van der Waals surface area contributed by atoms with E-state index in [4.69, 9.17) is 4.74 Å². The Bertz CT molecular complexity index is 622. The highest BCUT2D eigenvalue weighted by molar-refractivity contribution is 6.89. The zero-order valence-corrected chi connectivity index (χ0v) is 17.8. The Balaban J connectivity index is 2.19. The van der Waals surface area contributed by atoms with Crippen LogP contribution in [0.1, 0.15) is 17.9 Å². The Kier molecular flexibility index (Phi) is 4.17. The van der Waals surface area contributed by atoms with E-state index >= 15 is 0 Å². The fourth-order valence-corrected chi connectivity index (χ4v) is 9.83. The molecule has 3 rings (SSSR count). The summed E-state index contributed by atoms with van der Waals surface area (Å²) in [6.07, 6.45) is 6.39. The zero-order valence-electron chi connectivity index (χ0n) is 15.8. The monoisotopic (exact) mass is 344 g/mol. The summed E-state index contributed by atoms with van der Waals surface area (Å²) in [6, 6.07) is 6.78. The van der Waals surface area contributed by atoms with Gasteiger partial charge in [-0.1, -0.05) is 68.8 Å². The molecular weight excluding hydrogens is 312 g/mol. The Hall–Kier alpha value is -0.806. The second-order valence-corrected chi connectivity index (χ2v) is 20.0. The first kappa shape index (κ1) is 17.0. The van der Waals surface area contributed by atoms with E-state index in [2.05, 4.69) is 69.6 Å². The van der Waals surface area contributed by atoms with Crippen molar-refractivity contribution in [3.8, 4) is 5.75 Å². The van der Waals surface area contributed by atoms with Crippen LogP contribution in [0.15, 0.2) is 30.4 Å². The lowest BCUT2D eigenvalue weighted by Crippen LogP contribution is -2.44. The van der Waals surface area contributed by atoms with Gasteiger partial charge in [0.1, 0.15) is 5.75 Å². The summed E-state index contributed by atoms with van der Waals surface area (Å²) in [5, 5.41) is 1.62. The zero-order chi connectivity index (χ0) is 17.0. The lowest BCUT2D eigenvalue weighted by atomic mass is 9.85. The maximum Gasteiger partial charge on any atom is 0.122 e. The third kappa shape index (κ3) is 2.87. The summed E-state index contributed by atoms with van der Waals surface area (Å²) in [5.41, 5.74) is 2.42. The van der Waals surface area contributed by atoms with Gasteiger partial charge in [-0.05, 0) is 41.3 Å². The van der Waals surface area contributed by atoms with Crippen molar-refractivity contribution in [2.45, 2.75) is 57.2 Å². The molecule has 1 nitrogen and oxygen atoms in total. The van der Waals surface area contributed by atoms with Crippen LogP contribution < -0.4 is 9.92 Å². The van der Waals surface area contributed by atoms with E-state index in [9.17, 15) is 0 Å². The van der Waals surface area contributed by atoms with E-state index in [-0.39, 0.29) is 0 Å². The minimum atomic E-state index is -1.40. The smallest absolute Gasteiger partial charge is 0.122 e. The average molecular weight is 345 g/mol. The number of hydrogen-bond donors (Lipinski definition) is 0. The van der Waals surface area contributed by atoms with E-state index < -0.39 is 16.1 Å². The highest BCUT2D eigenvalue weighted by Gasteiger charge is 2.52. The Labute approximate surface area is 144 Å². The normalized spacial score (nSPS) is 30.0. The maximum absolute atomic E-state index is 5.88. The average Bonchev–Trinajstić information content (AvgIpc) is 3.05. The van der Waals surface area contributed by atoms with Gasteiger partial charge in [0, 0.05) is 8.07 Å². The van der Waals surface area contributed by atoms with E-state index in [0.29, 0.717) is 5.92 Å². The van der Waals surface area contributed by atoms with Crippen LogP contribution in [-0.2, 0) is 0 Å². The first-order chi connectivity index (χ1) is 10.6. The van der Waals surface area contributed by atoms with E-state index in [1.165, 1.54) is 6.42 Å². The molecule has 1 aromatic rings. The Morgan fingerprint density at radius 2 is 1.61 bits per heavy atom. The van der Waals surface area contributed by atoms with Crippen LogP contribution in [0.3, 0.4) is 0 Å². The van der Waals surface area contributed by atoms with Crippen molar-refractivity contribution in [1.29, 1.82) is 0 Å². The van der Waals surface area contributed by atoms with E-state index in [0.717, 1.165) is 23.1 Å². The van der Waals surface area contributed by atoms with E-state index in [1.54, 1.807) is 10.8 Å². The van der Waals surface area contributed by atoms with Gasteiger partial charge in [0.25, 0.3) is 0 Å². The molecule has 0 amide bonds. The summed E-state index contributed by atoms with van der Waals surface area (Å²) >= 11 is 0. The molecule has 126 valence electrons. The molecule has 3 heteroatoms.